The van der Waals surface area contributed by atoms with E-state index in [1.165, 1.54) is 0 Å². The van der Waals surface area contributed by atoms with Gasteiger partial charge in [-0.25, -0.2) is 0 Å². The molecule has 2 rings (SSSR count). The molecule has 3 nitrogen and oxygen atoms in total. The third kappa shape index (κ3) is 1.50. The molecule has 0 atom stereocenters. The van der Waals surface area contributed by atoms with Gasteiger partial charge in [0, 0.05) is 23.7 Å². The third-order valence-corrected chi connectivity index (χ3v) is 2.36. The van der Waals surface area contributed by atoms with Crippen LogP contribution in [0.4, 0.5) is 13.2 Å². The number of halogens is 3. The molecule has 14 heavy (non-hydrogen) atoms. The zero-order valence-corrected chi connectivity index (χ0v) is 7.36. The molecule has 1 saturated carbocycles. The van der Waals surface area contributed by atoms with E-state index in [-0.39, 0.29) is 18.0 Å². The van der Waals surface area contributed by atoms with E-state index in [1.54, 1.807) is 0 Å². The van der Waals surface area contributed by atoms with Gasteiger partial charge in [-0.2, -0.15) is 18.3 Å². The van der Waals surface area contributed by atoms with Crippen molar-refractivity contribution in [2.75, 3.05) is 0 Å². The summed E-state index contributed by atoms with van der Waals surface area (Å²) < 4.78 is 37.2. The van der Waals surface area contributed by atoms with Crippen LogP contribution in [0.25, 0.3) is 0 Å². The SMILES string of the molecule is NCc1c(C(F)(F)F)n[nH]c1C1CC1. The average Bonchev–Trinajstić information content (AvgIpc) is 2.82. The first-order valence-corrected chi connectivity index (χ1v) is 4.38. The number of nitrogens with two attached hydrogens (primary N) is 1. The van der Waals surface area contributed by atoms with E-state index < -0.39 is 11.9 Å². The molecule has 1 aliphatic rings. The molecule has 1 aliphatic carbocycles. The lowest BCUT2D eigenvalue weighted by Crippen LogP contribution is -2.11. The van der Waals surface area contributed by atoms with Crippen LogP contribution < -0.4 is 5.73 Å². The van der Waals surface area contributed by atoms with Gasteiger partial charge < -0.3 is 5.73 Å². The first-order chi connectivity index (χ1) is 6.54. The lowest BCUT2D eigenvalue weighted by molar-refractivity contribution is -0.141. The number of H-pyrrole nitrogens is 1. The molecular weight excluding hydrogens is 195 g/mol. The van der Waals surface area contributed by atoms with Crippen LogP contribution in [0.15, 0.2) is 0 Å². The van der Waals surface area contributed by atoms with Gasteiger partial charge in [-0.15, -0.1) is 0 Å². The summed E-state index contributed by atoms with van der Waals surface area (Å²) in [6, 6.07) is 0. The van der Waals surface area contributed by atoms with Gasteiger partial charge >= 0.3 is 6.18 Å². The Kier molecular flexibility index (Phi) is 2.02. The van der Waals surface area contributed by atoms with Crippen molar-refractivity contribution in [2.24, 2.45) is 5.73 Å². The summed E-state index contributed by atoms with van der Waals surface area (Å²) in [5, 5.41) is 5.73. The number of hydrogen-bond acceptors (Lipinski definition) is 2. The molecule has 6 heteroatoms. The molecule has 0 radical (unpaired) electrons. The Morgan fingerprint density at radius 3 is 2.50 bits per heavy atom. The quantitative estimate of drug-likeness (QED) is 0.773. The molecule has 1 heterocycles. The summed E-state index contributed by atoms with van der Waals surface area (Å²) in [6.45, 7) is -0.114. The number of aromatic nitrogens is 2. The molecule has 78 valence electrons. The highest BCUT2D eigenvalue weighted by Crippen LogP contribution is 2.43. The molecule has 1 fully saturated rings. The number of rotatable bonds is 2. The summed E-state index contributed by atoms with van der Waals surface area (Å²) >= 11 is 0. The normalized spacial score (nSPS) is 17.4. The molecule has 0 bridgehead atoms. The van der Waals surface area contributed by atoms with E-state index >= 15 is 0 Å². The Morgan fingerprint density at radius 1 is 1.43 bits per heavy atom. The summed E-state index contributed by atoms with van der Waals surface area (Å²) in [5.41, 5.74) is 5.13. The molecule has 0 unspecified atom stereocenters. The van der Waals surface area contributed by atoms with E-state index in [1.807, 2.05) is 0 Å². The van der Waals surface area contributed by atoms with Crippen LogP contribution in [0.5, 0.6) is 0 Å². The Hall–Kier alpha value is -1.04. The van der Waals surface area contributed by atoms with Crippen molar-refractivity contribution in [3.63, 3.8) is 0 Å². The van der Waals surface area contributed by atoms with Crippen molar-refractivity contribution < 1.29 is 13.2 Å². The zero-order valence-electron chi connectivity index (χ0n) is 7.36. The smallest absolute Gasteiger partial charge is 0.326 e. The highest BCUT2D eigenvalue weighted by molar-refractivity contribution is 5.32. The van der Waals surface area contributed by atoms with Crippen LogP contribution in [0, 0.1) is 0 Å². The number of nitrogens with one attached hydrogen (secondary N) is 1. The standard InChI is InChI=1S/C8H10F3N3/c9-8(10,11)7-5(3-12)6(13-14-7)4-1-2-4/h4H,1-3,12H2,(H,13,14). The molecule has 3 N–H and O–H groups in total. The second kappa shape index (κ2) is 2.98. The highest BCUT2D eigenvalue weighted by atomic mass is 19.4. The summed E-state index contributed by atoms with van der Waals surface area (Å²) in [4.78, 5) is 0. The zero-order chi connectivity index (χ0) is 10.3. The van der Waals surface area contributed by atoms with Gasteiger partial charge in [0.15, 0.2) is 5.69 Å². The van der Waals surface area contributed by atoms with Crippen LogP contribution in [0.3, 0.4) is 0 Å². The fourth-order valence-corrected chi connectivity index (χ4v) is 1.53. The van der Waals surface area contributed by atoms with E-state index in [4.69, 9.17) is 5.73 Å². The predicted octanol–water partition coefficient (Wildman–Crippen LogP) is 1.76. The Labute approximate surface area is 78.5 Å². The molecular formula is C8H10F3N3. The molecule has 1 aromatic rings. The predicted molar refractivity (Wildman–Crippen MR) is 43.5 cm³/mol. The van der Waals surface area contributed by atoms with Crippen molar-refractivity contribution in [1.29, 1.82) is 0 Å². The summed E-state index contributed by atoms with van der Waals surface area (Å²) in [6.07, 6.45) is -2.56. The first kappa shape index (κ1) is 9.51. The second-order valence-electron chi connectivity index (χ2n) is 3.44. The minimum atomic E-state index is -4.40. The Morgan fingerprint density at radius 2 is 2.07 bits per heavy atom. The largest absolute Gasteiger partial charge is 0.435 e. The van der Waals surface area contributed by atoms with Gasteiger partial charge in [0.1, 0.15) is 0 Å². The monoisotopic (exact) mass is 205 g/mol. The van der Waals surface area contributed by atoms with E-state index in [0.717, 1.165) is 12.8 Å². The first-order valence-electron chi connectivity index (χ1n) is 4.38. The molecule has 0 aliphatic heterocycles. The molecule has 0 amide bonds. The van der Waals surface area contributed by atoms with Crippen LogP contribution in [-0.4, -0.2) is 10.2 Å². The lowest BCUT2D eigenvalue weighted by atomic mass is 10.1. The van der Waals surface area contributed by atoms with Crippen molar-refractivity contribution >= 4 is 0 Å². The molecule has 1 aromatic heterocycles. The van der Waals surface area contributed by atoms with Crippen LogP contribution >= 0.6 is 0 Å². The molecule has 0 saturated heterocycles. The van der Waals surface area contributed by atoms with E-state index in [2.05, 4.69) is 10.2 Å². The van der Waals surface area contributed by atoms with Crippen molar-refractivity contribution in [3.05, 3.63) is 17.0 Å². The lowest BCUT2D eigenvalue weighted by Gasteiger charge is -2.05. The van der Waals surface area contributed by atoms with Crippen molar-refractivity contribution in [1.82, 2.24) is 10.2 Å². The number of alkyl halides is 3. The maximum absolute atomic E-state index is 12.4. The van der Waals surface area contributed by atoms with Crippen LogP contribution in [0.2, 0.25) is 0 Å². The van der Waals surface area contributed by atoms with Crippen molar-refractivity contribution in [3.8, 4) is 0 Å². The minimum Gasteiger partial charge on any atom is -0.326 e. The van der Waals surface area contributed by atoms with Gasteiger partial charge in [-0.05, 0) is 12.8 Å². The van der Waals surface area contributed by atoms with Gasteiger partial charge in [0.25, 0.3) is 0 Å². The Balaban J connectivity index is 2.41. The van der Waals surface area contributed by atoms with Gasteiger partial charge in [-0.3, -0.25) is 5.10 Å². The van der Waals surface area contributed by atoms with Crippen LogP contribution in [0.1, 0.15) is 35.7 Å². The Bertz CT molecular complexity index is 338. The number of hydrogen-bond donors (Lipinski definition) is 2. The van der Waals surface area contributed by atoms with E-state index in [0.29, 0.717) is 5.69 Å². The fourth-order valence-electron chi connectivity index (χ4n) is 1.53. The van der Waals surface area contributed by atoms with Gasteiger partial charge in [-0.1, -0.05) is 0 Å². The maximum atomic E-state index is 12.4. The number of nitrogens with zero attached hydrogens (tertiary/aromatic N) is 1. The minimum absolute atomic E-state index is 0.114. The molecule has 0 aromatic carbocycles. The topological polar surface area (TPSA) is 54.7 Å². The highest BCUT2D eigenvalue weighted by Gasteiger charge is 2.40. The fraction of sp³-hybridized carbons (Fsp3) is 0.625. The third-order valence-electron chi connectivity index (χ3n) is 2.36. The maximum Gasteiger partial charge on any atom is 0.435 e. The van der Waals surface area contributed by atoms with Gasteiger partial charge in [0.2, 0.25) is 0 Å². The number of aromatic amines is 1. The summed E-state index contributed by atoms with van der Waals surface area (Å²) in [7, 11) is 0. The molecule has 0 spiro atoms. The second-order valence-corrected chi connectivity index (χ2v) is 3.44. The summed E-state index contributed by atoms with van der Waals surface area (Å²) in [5.74, 6) is 0.206. The van der Waals surface area contributed by atoms with Gasteiger partial charge in [0.05, 0.1) is 0 Å². The van der Waals surface area contributed by atoms with E-state index in [9.17, 15) is 13.2 Å². The van der Waals surface area contributed by atoms with Crippen LogP contribution in [-0.2, 0) is 12.7 Å². The van der Waals surface area contributed by atoms with Crippen molar-refractivity contribution in [2.45, 2.75) is 31.5 Å². The average molecular weight is 205 g/mol.